The maximum absolute atomic E-state index is 8.73. The fourth-order valence-electron chi connectivity index (χ4n) is 0.837. The molecular weight excluding hydrogens is 227 g/mol. The van der Waals surface area contributed by atoms with Crippen LogP contribution in [0.3, 0.4) is 0 Å². The largest absolute Gasteiger partial charge is 0.481 e. The number of methoxy groups -OCH3 is 1. The van der Waals surface area contributed by atoms with E-state index in [1.54, 1.807) is 25.4 Å². The monoisotopic (exact) mass is 240 g/mol. The number of hydrogen-bond donors (Lipinski definition) is 2. The zero-order valence-corrected chi connectivity index (χ0v) is 9.35. The molecule has 0 amide bonds. The van der Waals surface area contributed by atoms with Crippen LogP contribution in [-0.4, -0.2) is 23.8 Å². The number of nitrogens with zero attached hydrogens (tertiary/aromatic N) is 1. The van der Waals surface area contributed by atoms with Gasteiger partial charge in [-0.2, -0.15) is 0 Å². The van der Waals surface area contributed by atoms with E-state index in [9.17, 15) is 0 Å². The van der Waals surface area contributed by atoms with Crippen molar-refractivity contribution in [3.05, 3.63) is 23.9 Å². The van der Waals surface area contributed by atoms with Gasteiger partial charge in [-0.15, -0.1) is 24.8 Å². The summed E-state index contributed by atoms with van der Waals surface area (Å²) in [4.78, 5) is 3.95. The number of aliphatic hydroxyl groups is 1. The fraction of sp³-hybridized carbons (Fsp3) is 0.375. The molecule has 0 aliphatic heterocycles. The smallest absolute Gasteiger partial charge is 0.212 e. The van der Waals surface area contributed by atoms with E-state index in [-0.39, 0.29) is 37.5 Å². The highest BCUT2D eigenvalue weighted by atomic mass is 35.5. The SMILES string of the molecule is COc1ccc(C(N)CO)cn1.Cl.Cl. The average molecular weight is 241 g/mol. The number of pyridine rings is 1. The Balaban J connectivity index is 0. The Kier molecular flexibility index (Phi) is 8.88. The first kappa shape index (κ1) is 15.9. The van der Waals surface area contributed by atoms with Crippen LogP contribution in [0.15, 0.2) is 18.3 Å². The molecule has 1 heterocycles. The Morgan fingerprint density at radius 3 is 2.50 bits per heavy atom. The van der Waals surface area contributed by atoms with E-state index >= 15 is 0 Å². The number of aromatic nitrogens is 1. The van der Waals surface area contributed by atoms with Gasteiger partial charge in [0.05, 0.1) is 19.8 Å². The Morgan fingerprint density at radius 2 is 2.14 bits per heavy atom. The number of hydrogen-bond acceptors (Lipinski definition) is 4. The first-order valence-electron chi connectivity index (χ1n) is 3.64. The van der Waals surface area contributed by atoms with Gasteiger partial charge in [-0.05, 0) is 5.56 Å². The summed E-state index contributed by atoms with van der Waals surface area (Å²) in [6, 6.07) is 3.14. The summed E-state index contributed by atoms with van der Waals surface area (Å²) in [5, 5.41) is 8.73. The second-order valence-corrected chi connectivity index (χ2v) is 2.42. The van der Waals surface area contributed by atoms with Crippen molar-refractivity contribution in [2.45, 2.75) is 6.04 Å². The van der Waals surface area contributed by atoms with Crippen LogP contribution < -0.4 is 10.5 Å². The number of aliphatic hydroxyl groups excluding tert-OH is 1. The van der Waals surface area contributed by atoms with Crippen molar-refractivity contribution in [2.24, 2.45) is 5.73 Å². The highest BCUT2D eigenvalue weighted by Gasteiger charge is 2.03. The summed E-state index contributed by atoms with van der Waals surface area (Å²) in [5.41, 5.74) is 6.36. The molecule has 1 aromatic heterocycles. The Hall–Kier alpha value is -0.550. The van der Waals surface area contributed by atoms with Gasteiger partial charge in [0.15, 0.2) is 0 Å². The molecular formula is C8H14Cl2N2O2. The minimum absolute atomic E-state index is 0. The van der Waals surface area contributed by atoms with E-state index < -0.39 is 0 Å². The van der Waals surface area contributed by atoms with Gasteiger partial charge in [0.25, 0.3) is 0 Å². The highest BCUT2D eigenvalue weighted by molar-refractivity contribution is 5.85. The summed E-state index contributed by atoms with van der Waals surface area (Å²) in [7, 11) is 1.55. The van der Waals surface area contributed by atoms with Crippen LogP contribution in [0.4, 0.5) is 0 Å². The van der Waals surface area contributed by atoms with E-state index in [1.165, 1.54) is 0 Å². The van der Waals surface area contributed by atoms with Crippen LogP contribution in [-0.2, 0) is 0 Å². The minimum atomic E-state index is -0.358. The van der Waals surface area contributed by atoms with Gasteiger partial charge >= 0.3 is 0 Å². The molecule has 1 atom stereocenters. The van der Waals surface area contributed by atoms with Crippen LogP contribution in [0.2, 0.25) is 0 Å². The van der Waals surface area contributed by atoms with Crippen LogP contribution in [0.1, 0.15) is 11.6 Å². The van der Waals surface area contributed by atoms with Gasteiger partial charge in [-0.1, -0.05) is 6.07 Å². The van der Waals surface area contributed by atoms with Gasteiger partial charge in [0.1, 0.15) is 0 Å². The molecule has 0 radical (unpaired) electrons. The summed E-state index contributed by atoms with van der Waals surface area (Å²) in [6.07, 6.45) is 1.60. The van der Waals surface area contributed by atoms with Crippen molar-refractivity contribution in [1.29, 1.82) is 0 Å². The molecule has 4 nitrogen and oxygen atoms in total. The second kappa shape index (κ2) is 7.82. The predicted molar refractivity (Wildman–Crippen MR) is 59.3 cm³/mol. The molecule has 0 bridgehead atoms. The zero-order valence-electron chi connectivity index (χ0n) is 7.71. The summed E-state index contributed by atoms with van der Waals surface area (Å²) in [6.45, 7) is -0.0754. The lowest BCUT2D eigenvalue weighted by Crippen LogP contribution is -2.14. The Morgan fingerprint density at radius 1 is 1.50 bits per heavy atom. The fourth-order valence-corrected chi connectivity index (χ4v) is 0.837. The summed E-state index contributed by atoms with van der Waals surface area (Å²) < 4.78 is 4.87. The van der Waals surface area contributed by atoms with E-state index in [2.05, 4.69) is 4.98 Å². The number of ether oxygens (including phenoxy) is 1. The van der Waals surface area contributed by atoms with Crippen molar-refractivity contribution in [1.82, 2.24) is 4.98 Å². The van der Waals surface area contributed by atoms with Gasteiger partial charge in [0, 0.05) is 12.3 Å². The first-order valence-corrected chi connectivity index (χ1v) is 3.64. The van der Waals surface area contributed by atoms with Crippen molar-refractivity contribution in [3.63, 3.8) is 0 Å². The Bertz CT molecular complexity index is 244. The van der Waals surface area contributed by atoms with Crippen molar-refractivity contribution >= 4 is 24.8 Å². The molecule has 0 aliphatic rings. The van der Waals surface area contributed by atoms with Crippen LogP contribution in [0.5, 0.6) is 5.88 Å². The quantitative estimate of drug-likeness (QED) is 0.825. The third-order valence-electron chi connectivity index (χ3n) is 1.59. The van der Waals surface area contributed by atoms with Crippen LogP contribution >= 0.6 is 24.8 Å². The molecule has 1 rings (SSSR count). The number of nitrogens with two attached hydrogens (primary N) is 1. The average Bonchev–Trinajstić information content (AvgIpc) is 2.17. The lowest BCUT2D eigenvalue weighted by Gasteiger charge is -2.07. The lowest BCUT2D eigenvalue weighted by molar-refractivity contribution is 0.267. The topological polar surface area (TPSA) is 68.4 Å². The molecule has 0 spiro atoms. The summed E-state index contributed by atoms with van der Waals surface area (Å²) in [5.74, 6) is 0.545. The molecule has 82 valence electrons. The summed E-state index contributed by atoms with van der Waals surface area (Å²) >= 11 is 0. The molecule has 1 aromatic rings. The highest BCUT2D eigenvalue weighted by Crippen LogP contribution is 2.11. The molecule has 1 unspecified atom stereocenters. The van der Waals surface area contributed by atoms with Crippen molar-refractivity contribution < 1.29 is 9.84 Å². The van der Waals surface area contributed by atoms with Crippen LogP contribution in [0, 0.1) is 0 Å². The standard InChI is InChI=1S/C8H12N2O2.2ClH/c1-12-8-3-2-6(4-10-8)7(9)5-11;;/h2-4,7,11H,5,9H2,1H3;2*1H. The zero-order chi connectivity index (χ0) is 8.97. The maximum atomic E-state index is 8.73. The lowest BCUT2D eigenvalue weighted by atomic mass is 10.1. The maximum Gasteiger partial charge on any atom is 0.212 e. The van der Waals surface area contributed by atoms with E-state index in [0.717, 1.165) is 5.56 Å². The molecule has 6 heteroatoms. The van der Waals surface area contributed by atoms with Gasteiger partial charge in [-0.3, -0.25) is 0 Å². The van der Waals surface area contributed by atoms with E-state index in [0.29, 0.717) is 5.88 Å². The molecule has 0 saturated heterocycles. The van der Waals surface area contributed by atoms with Gasteiger partial charge in [0.2, 0.25) is 5.88 Å². The third kappa shape index (κ3) is 4.11. The molecule has 0 saturated carbocycles. The molecule has 0 fully saturated rings. The minimum Gasteiger partial charge on any atom is -0.481 e. The van der Waals surface area contributed by atoms with Crippen molar-refractivity contribution in [2.75, 3.05) is 13.7 Å². The Labute approximate surface area is 95.3 Å². The number of halogens is 2. The van der Waals surface area contributed by atoms with Gasteiger partial charge in [-0.25, -0.2) is 4.98 Å². The molecule has 3 N–H and O–H groups in total. The second-order valence-electron chi connectivity index (χ2n) is 2.42. The predicted octanol–water partition coefficient (Wildman–Crippen LogP) is 0.926. The molecule has 0 aliphatic carbocycles. The normalized spacial score (nSPS) is 10.8. The number of rotatable bonds is 3. The van der Waals surface area contributed by atoms with E-state index in [1.807, 2.05) is 0 Å². The molecule has 0 aromatic carbocycles. The van der Waals surface area contributed by atoms with Crippen molar-refractivity contribution in [3.8, 4) is 5.88 Å². The van der Waals surface area contributed by atoms with Gasteiger partial charge < -0.3 is 15.6 Å². The van der Waals surface area contributed by atoms with E-state index in [4.69, 9.17) is 15.6 Å². The van der Waals surface area contributed by atoms with Crippen LogP contribution in [0.25, 0.3) is 0 Å². The first-order chi connectivity index (χ1) is 5.77. The molecule has 14 heavy (non-hydrogen) atoms. The third-order valence-corrected chi connectivity index (χ3v) is 1.59.